The molecule has 7 heteroatoms. The lowest BCUT2D eigenvalue weighted by atomic mass is 10.0. The molecule has 1 saturated carbocycles. The van der Waals surface area contributed by atoms with Crippen LogP contribution in [0.4, 0.5) is 0 Å². The average Bonchev–Trinajstić information content (AvgIpc) is 3.30. The number of fused-ring (bicyclic) bond motifs is 1. The van der Waals surface area contributed by atoms with Crippen LogP contribution in [0.1, 0.15) is 30.6 Å². The summed E-state index contributed by atoms with van der Waals surface area (Å²) in [5, 5.41) is 20.3. The van der Waals surface area contributed by atoms with Gasteiger partial charge in [-0.05, 0) is 60.6 Å². The van der Waals surface area contributed by atoms with E-state index in [9.17, 15) is 14.7 Å². The number of carboxylic acids is 1. The number of carboxylic acid groups (broad SMARTS) is 1. The number of hydrogen-bond donors (Lipinski definition) is 2. The highest BCUT2D eigenvalue weighted by Crippen LogP contribution is 2.34. The van der Waals surface area contributed by atoms with E-state index in [-0.39, 0.29) is 16.9 Å². The maximum atomic E-state index is 12.2. The Morgan fingerprint density at radius 2 is 2.13 bits per heavy atom. The molecule has 1 aliphatic carbocycles. The summed E-state index contributed by atoms with van der Waals surface area (Å²) in [7, 11) is 0. The van der Waals surface area contributed by atoms with Crippen molar-refractivity contribution in [2.24, 2.45) is 5.92 Å². The number of Topliss-reactive ketones (excluding diaryl/α,β-unsaturated/α-hetero) is 1. The van der Waals surface area contributed by atoms with Crippen molar-refractivity contribution in [2.75, 3.05) is 17.3 Å². The molecule has 30 heavy (non-hydrogen) atoms. The van der Waals surface area contributed by atoms with Crippen LogP contribution in [0.25, 0.3) is 10.1 Å². The number of carbonyl (C=O) groups excluding carboxylic acids is 1. The number of carbonyl (C=O) groups is 2. The molecular weight excluding hydrogens is 436 g/mol. The van der Waals surface area contributed by atoms with Crippen molar-refractivity contribution in [3.63, 3.8) is 0 Å². The molecule has 1 aromatic carbocycles. The Kier molecular flexibility index (Phi) is 9.30. The van der Waals surface area contributed by atoms with E-state index in [0.29, 0.717) is 18.6 Å². The summed E-state index contributed by atoms with van der Waals surface area (Å²) >= 11 is 4.88. The third kappa shape index (κ3) is 7.15. The molecule has 1 aliphatic rings. The zero-order chi connectivity index (χ0) is 21.3. The van der Waals surface area contributed by atoms with Crippen molar-refractivity contribution in [3.8, 4) is 0 Å². The summed E-state index contributed by atoms with van der Waals surface area (Å²) in [4.78, 5) is 24.0. The van der Waals surface area contributed by atoms with E-state index in [1.165, 1.54) is 26.7 Å². The number of aliphatic carboxylic acids is 1. The average molecular weight is 465 g/mol. The van der Waals surface area contributed by atoms with Crippen LogP contribution < -0.4 is 0 Å². The van der Waals surface area contributed by atoms with E-state index >= 15 is 0 Å². The monoisotopic (exact) mass is 464 g/mol. The maximum absolute atomic E-state index is 12.2. The third-order valence-corrected chi connectivity index (χ3v) is 8.83. The van der Waals surface area contributed by atoms with E-state index in [1.807, 2.05) is 24.3 Å². The molecule has 0 unspecified atom stereocenters. The lowest BCUT2D eigenvalue weighted by molar-refractivity contribution is -0.133. The van der Waals surface area contributed by atoms with Gasteiger partial charge in [0.2, 0.25) is 0 Å². The number of aliphatic hydroxyl groups is 1. The molecular formula is C23H28O4S3. The van der Waals surface area contributed by atoms with Crippen molar-refractivity contribution in [1.82, 2.24) is 0 Å². The number of aliphatic hydroxyl groups excluding tert-OH is 1. The summed E-state index contributed by atoms with van der Waals surface area (Å²) in [5.74, 6) is 1.51. The molecule has 1 fully saturated rings. The largest absolute Gasteiger partial charge is 0.481 e. The molecule has 0 aliphatic heterocycles. The van der Waals surface area contributed by atoms with Gasteiger partial charge in [-0.1, -0.05) is 30.4 Å². The van der Waals surface area contributed by atoms with Gasteiger partial charge in [0.25, 0.3) is 0 Å². The first-order valence-electron chi connectivity index (χ1n) is 10.3. The Labute approximate surface area is 190 Å². The van der Waals surface area contributed by atoms with Crippen LogP contribution in [-0.2, 0) is 16.0 Å². The van der Waals surface area contributed by atoms with E-state index in [4.69, 9.17) is 5.11 Å². The molecule has 0 spiro atoms. The van der Waals surface area contributed by atoms with Gasteiger partial charge in [-0.15, -0.1) is 23.1 Å². The number of hydrogen-bond acceptors (Lipinski definition) is 6. The quantitative estimate of drug-likeness (QED) is 0.339. The Bertz CT molecular complexity index is 843. The number of benzene rings is 1. The highest BCUT2D eigenvalue weighted by Gasteiger charge is 2.33. The summed E-state index contributed by atoms with van der Waals surface area (Å²) in [5.41, 5.74) is 0. The standard InChI is InChI=1S/C23H28O4S3/c24-18(9-10-19-14-17-4-1-2-5-21(17)30-19)8-6-16-7-11-20(25)23(16)29-13-3-12-28-15-22(26)27/h1-2,4-6,8,14,16,18,23-24H,3,7,9-13,15H2,(H,26,27)/b8-6+/t16-,18+,23+/m0/s1. The van der Waals surface area contributed by atoms with Crippen molar-refractivity contribution < 1.29 is 19.8 Å². The molecule has 2 aromatic rings. The minimum absolute atomic E-state index is 0.0273. The van der Waals surface area contributed by atoms with E-state index in [0.717, 1.165) is 30.8 Å². The number of allylic oxidation sites excluding steroid dienone is 1. The second-order valence-corrected chi connectivity index (χ2v) is 11.0. The topological polar surface area (TPSA) is 74.6 Å². The SMILES string of the molecule is O=C(O)CSCCCS[C@H]1C(=O)CC[C@@H]1/C=C/[C@@H](O)CCc1cc2ccccc2s1. The lowest BCUT2D eigenvalue weighted by Gasteiger charge is -2.15. The molecule has 1 aromatic heterocycles. The molecule has 0 amide bonds. The van der Waals surface area contributed by atoms with Gasteiger partial charge in [-0.25, -0.2) is 0 Å². The smallest absolute Gasteiger partial charge is 0.313 e. The third-order valence-electron chi connectivity index (χ3n) is 5.13. The fraction of sp³-hybridized carbons (Fsp3) is 0.478. The molecule has 3 rings (SSSR count). The minimum Gasteiger partial charge on any atom is -0.481 e. The highest BCUT2D eigenvalue weighted by molar-refractivity contribution is 8.01. The van der Waals surface area contributed by atoms with Gasteiger partial charge in [0.1, 0.15) is 5.78 Å². The number of ketones is 1. The summed E-state index contributed by atoms with van der Waals surface area (Å²) in [6.07, 6.45) is 7.31. The molecule has 162 valence electrons. The van der Waals surface area contributed by atoms with Crippen molar-refractivity contribution in [2.45, 2.75) is 43.5 Å². The number of thioether (sulfide) groups is 2. The fourth-order valence-corrected chi connectivity index (χ4v) is 6.88. The molecule has 1 heterocycles. The first-order valence-corrected chi connectivity index (χ1v) is 13.3. The number of rotatable bonds is 12. The van der Waals surface area contributed by atoms with Crippen LogP contribution in [-0.4, -0.2) is 50.6 Å². The summed E-state index contributed by atoms with van der Waals surface area (Å²) < 4.78 is 1.28. The van der Waals surface area contributed by atoms with Crippen LogP contribution in [0, 0.1) is 5.92 Å². The maximum Gasteiger partial charge on any atom is 0.313 e. The van der Waals surface area contributed by atoms with Gasteiger partial charge in [0.05, 0.1) is 17.1 Å². The van der Waals surface area contributed by atoms with E-state index < -0.39 is 12.1 Å². The highest BCUT2D eigenvalue weighted by atomic mass is 32.2. The van der Waals surface area contributed by atoms with Crippen LogP contribution >= 0.6 is 34.9 Å². The molecule has 0 bridgehead atoms. The Morgan fingerprint density at radius 1 is 1.30 bits per heavy atom. The van der Waals surface area contributed by atoms with Gasteiger partial charge >= 0.3 is 5.97 Å². The van der Waals surface area contributed by atoms with Crippen LogP contribution in [0.2, 0.25) is 0 Å². The normalized spacial score (nSPS) is 20.4. The van der Waals surface area contributed by atoms with Crippen LogP contribution in [0.15, 0.2) is 42.5 Å². The van der Waals surface area contributed by atoms with Gasteiger partial charge in [0, 0.05) is 16.0 Å². The second-order valence-electron chi connectivity index (χ2n) is 7.50. The van der Waals surface area contributed by atoms with Gasteiger partial charge in [-0.3, -0.25) is 9.59 Å². The Morgan fingerprint density at radius 3 is 2.93 bits per heavy atom. The predicted octanol–water partition coefficient (Wildman–Crippen LogP) is 5.04. The zero-order valence-electron chi connectivity index (χ0n) is 16.9. The predicted molar refractivity (Wildman–Crippen MR) is 129 cm³/mol. The summed E-state index contributed by atoms with van der Waals surface area (Å²) in [6.45, 7) is 0. The number of thiophene rings is 1. The van der Waals surface area contributed by atoms with Crippen molar-refractivity contribution in [1.29, 1.82) is 0 Å². The Hall–Kier alpha value is -1.28. The van der Waals surface area contributed by atoms with Gasteiger partial charge in [-0.2, -0.15) is 11.8 Å². The second kappa shape index (κ2) is 11.9. The summed E-state index contributed by atoms with van der Waals surface area (Å²) in [6, 6.07) is 10.5. The number of aryl methyl sites for hydroxylation is 1. The zero-order valence-corrected chi connectivity index (χ0v) is 19.3. The molecule has 2 N–H and O–H groups in total. The fourth-order valence-electron chi connectivity index (χ4n) is 3.60. The van der Waals surface area contributed by atoms with Gasteiger partial charge < -0.3 is 10.2 Å². The minimum atomic E-state index is -0.783. The molecule has 0 radical (unpaired) electrons. The Balaban J connectivity index is 1.41. The van der Waals surface area contributed by atoms with Gasteiger partial charge in [0.15, 0.2) is 0 Å². The van der Waals surface area contributed by atoms with Crippen LogP contribution in [0.5, 0.6) is 0 Å². The van der Waals surface area contributed by atoms with E-state index in [2.05, 4.69) is 18.2 Å². The first-order chi connectivity index (χ1) is 14.5. The molecule has 4 nitrogen and oxygen atoms in total. The van der Waals surface area contributed by atoms with E-state index in [1.54, 1.807) is 23.1 Å². The van der Waals surface area contributed by atoms with Crippen molar-refractivity contribution in [3.05, 3.63) is 47.4 Å². The van der Waals surface area contributed by atoms with Crippen LogP contribution in [0.3, 0.4) is 0 Å². The first kappa shape index (κ1) is 23.4. The molecule has 0 saturated heterocycles. The lowest BCUT2D eigenvalue weighted by Crippen LogP contribution is -2.17. The van der Waals surface area contributed by atoms with Crippen molar-refractivity contribution >= 4 is 56.7 Å². The molecule has 3 atom stereocenters.